The van der Waals surface area contributed by atoms with Crippen LogP contribution in [0.2, 0.25) is 0 Å². The summed E-state index contributed by atoms with van der Waals surface area (Å²) in [6, 6.07) is 0. The van der Waals surface area contributed by atoms with E-state index in [2.05, 4.69) is 5.32 Å². The molecule has 1 rings (SSSR count). The number of carbonyl (C=O) groups is 3. The Morgan fingerprint density at radius 3 is 2.35 bits per heavy atom. The molecule has 5 N–H and O–H groups in total. The second kappa shape index (κ2) is 5.62. The fourth-order valence-corrected chi connectivity index (χ4v) is 1.89. The molecule has 0 spiro atoms. The van der Waals surface area contributed by atoms with E-state index in [0.29, 0.717) is 19.3 Å². The zero-order valence-electron chi connectivity index (χ0n) is 9.26. The highest BCUT2D eigenvalue weighted by atomic mass is 16.4. The smallest absolute Gasteiger partial charge is 0.306 e. The zero-order valence-corrected chi connectivity index (χ0v) is 9.26. The number of nitrogens with one attached hydrogen (secondary N) is 1. The standard InChI is InChI=1S/C10H16N2O5/c11-8(14)7(13)4-12-9(15)5-1-2-6(3-5)10(16)17/h5-7,13H,1-4H2,(H2,11,14)(H,12,15)(H,16,17). The number of carboxylic acids is 1. The number of primary amides is 1. The van der Waals surface area contributed by atoms with E-state index < -0.39 is 23.9 Å². The van der Waals surface area contributed by atoms with Crippen molar-refractivity contribution in [3.05, 3.63) is 0 Å². The number of amides is 2. The highest BCUT2D eigenvalue weighted by molar-refractivity contribution is 5.83. The highest BCUT2D eigenvalue weighted by Gasteiger charge is 2.33. The van der Waals surface area contributed by atoms with Crippen molar-refractivity contribution in [2.45, 2.75) is 25.4 Å². The first-order valence-corrected chi connectivity index (χ1v) is 5.39. The van der Waals surface area contributed by atoms with Crippen molar-refractivity contribution in [1.82, 2.24) is 5.32 Å². The first-order valence-electron chi connectivity index (χ1n) is 5.39. The van der Waals surface area contributed by atoms with Crippen molar-refractivity contribution in [3.8, 4) is 0 Å². The van der Waals surface area contributed by atoms with Gasteiger partial charge in [-0.25, -0.2) is 0 Å². The van der Waals surface area contributed by atoms with E-state index in [0.717, 1.165) is 0 Å². The van der Waals surface area contributed by atoms with E-state index in [4.69, 9.17) is 15.9 Å². The van der Waals surface area contributed by atoms with E-state index in [9.17, 15) is 14.4 Å². The molecular formula is C10H16N2O5. The molecule has 96 valence electrons. The molecule has 3 atom stereocenters. The molecule has 0 bridgehead atoms. The molecule has 0 aliphatic heterocycles. The lowest BCUT2D eigenvalue weighted by Gasteiger charge is -2.12. The molecule has 7 nitrogen and oxygen atoms in total. The second-order valence-electron chi connectivity index (χ2n) is 4.21. The topological polar surface area (TPSA) is 130 Å². The van der Waals surface area contributed by atoms with Crippen molar-refractivity contribution >= 4 is 17.8 Å². The van der Waals surface area contributed by atoms with Gasteiger partial charge in [-0.15, -0.1) is 0 Å². The van der Waals surface area contributed by atoms with E-state index in [-0.39, 0.29) is 18.4 Å². The minimum Gasteiger partial charge on any atom is -0.481 e. The molecule has 0 aromatic heterocycles. The lowest BCUT2D eigenvalue weighted by atomic mass is 10.0. The number of aliphatic hydroxyl groups excluding tert-OH is 1. The Balaban J connectivity index is 2.35. The number of carboxylic acid groups (broad SMARTS) is 1. The van der Waals surface area contributed by atoms with Gasteiger partial charge in [0.05, 0.1) is 12.5 Å². The summed E-state index contributed by atoms with van der Waals surface area (Å²) in [6.45, 7) is -0.234. The first kappa shape index (κ1) is 13.4. The van der Waals surface area contributed by atoms with E-state index >= 15 is 0 Å². The SMILES string of the molecule is NC(=O)C(O)CNC(=O)C1CCC(C(=O)O)C1. The van der Waals surface area contributed by atoms with Crippen molar-refractivity contribution < 1.29 is 24.6 Å². The molecule has 1 aliphatic carbocycles. The van der Waals surface area contributed by atoms with Crippen LogP contribution >= 0.6 is 0 Å². The molecule has 17 heavy (non-hydrogen) atoms. The minimum atomic E-state index is -1.41. The van der Waals surface area contributed by atoms with Crippen LogP contribution in [0.1, 0.15) is 19.3 Å². The van der Waals surface area contributed by atoms with Crippen LogP contribution in [0.25, 0.3) is 0 Å². The monoisotopic (exact) mass is 244 g/mol. The summed E-state index contributed by atoms with van der Waals surface area (Å²) in [5, 5.41) is 20.2. The summed E-state index contributed by atoms with van der Waals surface area (Å²) >= 11 is 0. The predicted molar refractivity (Wildman–Crippen MR) is 56.7 cm³/mol. The number of hydrogen-bond donors (Lipinski definition) is 4. The Morgan fingerprint density at radius 2 is 1.88 bits per heavy atom. The maximum atomic E-state index is 11.6. The molecule has 3 unspecified atom stereocenters. The molecule has 1 fully saturated rings. The maximum Gasteiger partial charge on any atom is 0.306 e. The fourth-order valence-electron chi connectivity index (χ4n) is 1.89. The molecule has 0 radical (unpaired) electrons. The predicted octanol–water partition coefficient (Wildman–Crippen LogP) is -1.55. The van der Waals surface area contributed by atoms with Gasteiger partial charge in [0.15, 0.2) is 0 Å². The molecule has 0 aromatic carbocycles. The summed E-state index contributed by atoms with van der Waals surface area (Å²) in [5.41, 5.74) is 4.82. The number of aliphatic carboxylic acids is 1. The summed E-state index contributed by atoms with van der Waals surface area (Å²) in [7, 11) is 0. The van der Waals surface area contributed by atoms with Crippen LogP contribution < -0.4 is 11.1 Å². The third-order valence-electron chi connectivity index (χ3n) is 2.95. The molecule has 1 saturated carbocycles. The van der Waals surface area contributed by atoms with Gasteiger partial charge in [0.2, 0.25) is 11.8 Å². The Labute approximate surface area is 98.0 Å². The summed E-state index contributed by atoms with van der Waals surface area (Å²) < 4.78 is 0. The number of rotatable bonds is 5. The lowest BCUT2D eigenvalue weighted by molar-refractivity contribution is -0.141. The van der Waals surface area contributed by atoms with Crippen LogP contribution in [-0.4, -0.2) is 40.6 Å². The Morgan fingerprint density at radius 1 is 1.29 bits per heavy atom. The van der Waals surface area contributed by atoms with Crippen molar-refractivity contribution in [2.24, 2.45) is 17.6 Å². The molecule has 0 heterocycles. The average molecular weight is 244 g/mol. The Bertz CT molecular complexity index is 331. The molecule has 1 aliphatic rings. The van der Waals surface area contributed by atoms with Gasteiger partial charge in [0, 0.05) is 5.92 Å². The average Bonchev–Trinajstić information content (AvgIpc) is 2.74. The fraction of sp³-hybridized carbons (Fsp3) is 0.700. The van der Waals surface area contributed by atoms with Gasteiger partial charge < -0.3 is 21.3 Å². The van der Waals surface area contributed by atoms with Gasteiger partial charge in [0.1, 0.15) is 6.10 Å². The molecular weight excluding hydrogens is 228 g/mol. The summed E-state index contributed by atoms with van der Waals surface area (Å²) in [5.74, 6) is -2.98. The van der Waals surface area contributed by atoms with E-state index in [1.807, 2.05) is 0 Å². The normalized spacial score (nSPS) is 25.2. The quantitative estimate of drug-likeness (QED) is 0.465. The van der Waals surface area contributed by atoms with Gasteiger partial charge >= 0.3 is 5.97 Å². The van der Waals surface area contributed by atoms with E-state index in [1.165, 1.54) is 0 Å². The maximum absolute atomic E-state index is 11.6. The third-order valence-corrected chi connectivity index (χ3v) is 2.95. The number of aliphatic hydroxyl groups is 1. The number of carbonyl (C=O) groups excluding carboxylic acids is 2. The lowest BCUT2D eigenvalue weighted by Crippen LogP contribution is -2.41. The van der Waals surface area contributed by atoms with Gasteiger partial charge in [-0.1, -0.05) is 0 Å². The largest absolute Gasteiger partial charge is 0.481 e. The molecule has 7 heteroatoms. The molecule has 0 aromatic rings. The third kappa shape index (κ3) is 3.70. The van der Waals surface area contributed by atoms with Crippen molar-refractivity contribution in [3.63, 3.8) is 0 Å². The zero-order chi connectivity index (χ0) is 13.0. The minimum absolute atomic E-state index is 0.234. The van der Waals surface area contributed by atoms with Crippen molar-refractivity contribution in [2.75, 3.05) is 6.54 Å². The van der Waals surface area contributed by atoms with E-state index in [1.54, 1.807) is 0 Å². The number of nitrogens with two attached hydrogens (primary N) is 1. The second-order valence-corrected chi connectivity index (χ2v) is 4.21. The Hall–Kier alpha value is -1.63. The van der Waals surface area contributed by atoms with Crippen LogP contribution in [0.3, 0.4) is 0 Å². The van der Waals surface area contributed by atoms with Crippen molar-refractivity contribution in [1.29, 1.82) is 0 Å². The van der Waals surface area contributed by atoms with Gasteiger partial charge in [0.25, 0.3) is 0 Å². The first-order chi connectivity index (χ1) is 7.91. The Kier molecular flexibility index (Phi) is 4.45. The van der Waals surface area contributed by atoms with Crippen LogP contribution in [0.15, 0.2) is 0 Å². The van der Waals surface area contributed by atoms with Crippen LogP contribution in [0, 0.1) is 11.8 Å². The summed E-state index contributed by atoms with van der Waals surface area (Å²) in [4.78, 5) is 32.8. The summed E-state index contributed by atoms with van der Waals surface area (Å²) in [6.07, 6.45) is -0.120. The van der Waals surface area contributed by atoms with Crippen LogP contribution in [-0.2, 0) is 14.4 Å². The van der Waals surface area contributed by atoms with Crippen LogP contribution in [0.4, 0.5) is 0 Å². The van der Waals surface area contributed by atoms with Gasteiger partial charge in [-0.2, -0.15) is 0 Å². The van der Waals surface area contributed by atoms with Gasteiger partial charge in [-0.3, -0.25) is 14.4 Å². The highest BCUT2D eigenvalue weighted by Crippen LogP contribution is 2.30. The van der Waals surface area contributed by atoms with Gasteiger partial charge in [-0.05, 0) is 19.3 Å². The molecule has 0 saturated heterocycles. The number of hydrogen-bond acceptors (Lipinski definition) is 4. The van der Waals surface area contributed by atoms with Crippen LogP contribution in [0.5, 0.6) is 0 Å². The molecule has 2 amide bonds.